The van der Waals surface area contributed by atoms with Gasteiger partial charge < -0.3 is 42.5 Å². The lowest BCUT2D eigenvalue weighted by atomic mass is 10.1. The van der Waals surface area contributed by atoms with Crippen LogP contribution in [0.4, 0.5) is 0 Å². The van der Waals surface area contributed by atoms with E-state index in [1.165, 1.54) is 0 Å². The summed E-state index contributed by atoms with van der Waals surface area (Å²) in [5, 5.41) is 0. The van der Waals surface area contributed by atoms with Gasteiger partial charge in [0.1, 0.15) is 37.2 Å². The Bertz CT molecular complexity index is 742. The summed E-state index contributed by atoms with van der Waals surface area (Å²) >= 11 is 0. The zero-order valence-electron chi connectivity index (χ0n) is 23.7. The maximum absolute atomic E-state index is 11.2. The molecule has 4 heterocycles. The molecule has 0 spiro atoms. The Morgan fingerprint density at radius 2 is 1.14 bits per heavy atom. The van der Waals surface area contributed by atoms with E-state index in [0.29, 0.717) is 12.6 Å². The molecule has 0 aromatic heterocycles. The van der Waals surface area contributed by atoms with Crippen molar-refractivity contribution in [1.82, 2.24) is 0 Å². The molecular weight excluding hydrogens is 510 g/mol. The van der Waals surface area contributed by atoms with Crippen LogP contribution in [0.3, 0.4) is 0 Å². The minimum absolute atomic E-state index is 0.0138. The number of rotatable bonds is 6. The van der Waals surface area contributed by atoms with Gasteiger partial charge in [0.2, 0.25) is 0 Å². The quantitative estimate of drug-likeness (QED) is 0.440. The summed E-state index contributed by atoms with van der Waals surface area (Å²) in [5.41, 5.74) is 0. The van der Waals surface area contributed by atoms with Gasteiger partial charge >= 0.3 is 7.80 Å². The summed E-state index contributed by atoms with van der Waals surface area (Å²) in [5.74, 6) is -1.11. The monoisotopic (exact) mass is 557 g/mol. The van der Waals surface area contributed by atoms with Crippen molar-refractivity contribution in [1.29, 1.82) is 0 Å². The molecule has 36 heavy (non-hydrogen) atoms. The standard InChI is InChI=1S/C11H20O5P.C10H18O4.C3H9OP/c1-11(2)15-8-7(5-6-17(4)12)14-10(13-3)9(8)16-11;1-5-6-7-8(9(11-4)12-6)14-10(2,3)13-7;1-5(2,3)4/h7-10H,5-6H2,1-4H3;6-9H,5H2,1-4H3;1-3H3/q+1;;/t7-,8-,9-,10-;6-,7-,8-,9-;/m11./s1. The Hall–Kier alpha value is 0.01000. The molecule has 1 unspecified atom stereocenters. The first-order valence-corrected chi connectivity index (χ1v) is 17.4. The van der Waals surface area contributed by atoms with E-state index in [-0.39, 0.29) is 49.2 Å². The van der Waals surface area contributed by atoms with Crippen LogP contribution in [-0.4, -0.2) is 108 Å². The molecule has 0 aromatic rings. The second kappa shape index (κ2) is 12.9. The van der Waals surface area contributed by atoms with Gasteiger partial charge in [0.05, 0.1) is 19.3 Å². The lowest BCUT2D eigenvalue weighted by Crippen LogP contribution is -2.30. The fraction of sp³-hybridized carbons (Fsp3) is 1.00. The number of ether oxygens (including phenoxy) is 8. The van der Waals surface area contributed by atoms with Crippen LogP contribution in [0, 0.1) is 0 Å². The van der Waals surface area contributed by atoms with Crippen molar-refractivity contribution in [3.05, 3.63) is 0 Å². The Balaban J connectivity index is 0.000000217. The van der Waals surface area contributed by atoms with Crippen molar-refractivity contribution in [2.24, 2.45) is 0 Å². The number of hydrogen-bond donors (Lipinski definition) is 0. The van der Waals surface area contributed by atoms with E-state index in [9.17, 15) is 9.13 Å². The fourth-order valence-electron chi connectivity index (χ4n) is 4.53. The third-order valence-corrected chi connectivity index (χ3v) is 6.70. The second-order valence-corrected chi connectivity index (χ2v) is 16.6. The molecule has 4 aliphatic rings. The molecule has 4 rings (SSSR count). The molecule has 12 heteroatoms. The van der Waals surface area contributed by atoms with Gasteiger partial charge in [-0.3, -0.25) is 0 Å². The predicted molar refractivity (Wildman–Crippen MR) is 138 cm³/mol. The first-order chi connectivity index (χ1) is 16.5. The highest BCUT2D eigenvalue weighted by Crippen LogP contribution is 2.41. The molecular formula is C24H47O10P2+. The molecule has 0 radical (unpaired) electrons. The molecule has 0 bridgehead atoms. The largest absolute Gasteiger partial charge is 0.353 e. The van der Waals surface area contributed by atoms with Crippen molar-refractivity contribution >= 4 is 14.9 Å². The maximum Gasteiger partial charge on any atom is 0.335 e. The zero-order valence-corrected chi connectivity index (χ0v) is 25.5. The first-order valence-electron chi connectivity index (χ1n) is 12.5. The van der Waals surface area contributed by atoms with E-state index in [1.54, 1.807) is 40.9 Å². The summed E-state index contributed by atoms with van der Waals surface area (Å²) in [6, 6.07) is 0. The van der Waals surface area contributed by atoms with E-state index in [0.717, 1.165) is 6.42 Å². The van der Waals surface area contributed by atoms with Gasteiger partial charge in [-0.1, -0.05) is 11.5 Å². The van der Waals surface area contributed by atoms with Crippen LogP contribution in [0.2, 0.25) is 0 Å². The van der Waals surface area contributed by atoms with Gasteiger partial charge in [-0.05, 0) is 54.1 Å². The van der Waals surface area contributed by atoms with Crippen LogP contribution in [0.5, 0.6) is 0 Å². The average Bonchev–Trinajstić information content (AvgIpc) is 3.41. The second-order valence-electron chi connectivity index (χ2n) is 11.1. The van der Waals surface area contributed by atoms with Crippen LogP contribution in [0.15, 0.2) is 0 Å². The first kappa shape index (κ1) is 32.2. The zero-order chi connectivity index (χ0) is 27.5. The van der Waals surface area contributed by atoms with E-state index >= 15 is 0 Å². The van der Waals surface area contributed by atoms with E-state index < -0.39 is 26.5 Å². The Kier molecular flexibility index (Phi) is 11.6. The average molecular weight is 558 g/mol. The SMILES string of the molecule is CC[C@H]1O[C@@H](OC)[C@@H]2OC(C)(C)O[C@@H]21.CO[C@@H]1O[C@H](CC[P+](C)=O)[C@H]2OC(C)(C)O[C@@H]12.CP(C)(C)=O. The van der Waals surface area contributed by atoms with E-state index in [4.69, 9.17) is 37.9 Å². The van der Waals surface area contributed by atoms with Crippen molar-refractivity contribution in [2.75, 3.05) is 47.0 Å². The summed E-state index contributed by atoms with van der Waals surface area (Å²) in [7, 11) is 0.447. The molecule has 0 amide bonds. The van der Waals surface area contributed by atoms with Crippen LogP contribution < -0.4 is 0 Å². The van der Waals surface area contributed by atoms with Crippen LogP contribution >= 0.6 is 14.9 Å². The highest BCUT2D eigenvalue weighted by atomic mass is 31.2. The van der Waals surface area contributed by atoms with Crippen molar-refractivity contribution < 1.29 is 47.0 Å². The van der Waals surface area contributed by atoms with E-state index in [2.05, 4.69) is 6.92 Å². The number of methoxy groups -OCH3 is 2. The Morgan fingerprint density at radius 1 is 0.778 bits per heavy atom. The van der Waals surface area contributed by atoms with Crippen LogP contribution in [-0.2, 0) is 47.0 Å². The van der Waals surface area contributed by atoms with Gasteiger partial charge in [0.25, 0.3) is 0 Å². The molecule has 10 nitrogen and oxygen atoms in total. The molecule has 0 N–H and O–H groups in total. The maximum atomic E-state index is 11.2. The Labute approximate surface area is 217 Å². The van der Waals surface area contributed by atoms with Gasteiger partial charge in [-0.15, -0.1) is 0 Å². The van der Waals surface area contributed by atoms with Crippen LogP contribution in [0.25, 0.3) is 0 Å². The van der Waals surface area contributed by atoms with Gasteiger partial charge in [-0.25, -0.2) is 0 Å². The normalized spacial score (nSPS) is 38.4. The van der Waals surface area contributed by atoms with Crippen LogP contribution in [0.1, 0.15) is 47.5 Å². The minimum Gasteiger partial charge on any atom is -0.353 e. The molecule has 0 aromatic carbocycles. The lowest BCUT2D eigenvalue weighted by molar-refractivity contribution is -0.227. The summed E-state index contributed by atoms with van der Waals surface area (Å²) < 4.78 is 66.3. The van der Waals surface area contributed by atoms with E-state index in [1.807, 2.05) is 27.7 Å². The minimum atomic E-state index is -1.64. The lowest BCUT2D eigenvalue weighted by Gasteiger charge is -2.23. The Morgan fingerprint density at radius 3 is 1.50 bits per heavy atom. The van der Waals surface area contributed by atoms with Gasteiger partial charge in [0, 0.05) is 20.6 Å². The van der Waals surface area contributed by atoms with Crippen molar-refractivity contribution in [3.8, 4) is 0 Å². The smallest absolute Gasteiger partial charge is 0.335 e. The fourth-order valence-corrected chi connectivity index (χ4v) is 5.15. The number of fused-ring (bicyclic) bond motifs is 2. The molecule has 9 atom stereocenters. The van der Waals surface area contributed by atoms with Gasteiger partial charge in [0.15, 0.2) is 24.2 Å². The van der Waals surface area contributed by atoms with Gasteiger partial charge in [-0.2, -0.15) is 0 Å². The molecule has 4 fully saturated rings. The molecule has 212 valence electrons. The molecule has 0 saturated carbocycles. The number of hydrogen-bond acceptors (Lipinski definition) is 10. The molecule has 0 aliphatic carbocycles. The summed E-state index contributed by atoms with van der Waals surface area (Å²) in [4.78, 5) is 0. The third kappa shape index (κ3) is 9.33. The summed E-state index contributed by atoms with van der Waals surface area (Å²) in [6.07, 6.45) is 1.22. The third-order valence-electron chi connectivity index (χ3n) is 5.81. The predicted octanol–water partition coefficient (Wildman–Crippen LogP) is 4.25. The highest BCUT2D eigenvalue weighted by molar-refractivity contribution is 7.61. The molecule has 4 saturated heterocycles. The molecule has 4 aliphatic heterocycles. The van der Waals surface area contributed by atoms with Crippen molar-refractivity contribution in [2.45, 2.75) is 108 Å². The highest BCUT2D eigenvalue weighted by Gasteiger charge is 2.56. The topological polar surface area (TPSA) is 108 Å². The van der Waals surface area contributed by atoms with Crippen molar-refractivity contribution in [3.63, 3.8) is 0 Å². The summed E-state index contributed by atoms with van der Waals surface area (Å²) in [6.45, 7) is 16.6.